The van der Waals surface area contributed by atoms with Crippen LogP contribution in [-0.4, -0.2) is 26.9 Å². The average Bonchev–Trinajstić information content (AvgIpc) is 2.59. The maximum absolute atomic E-state index is 11.4. The van der Waals surface area contributed by atoms with Gasteiger partial charge in [0.2, 0.25) is 0 Å². The number of aryl methyl sites for hydroxylation is 1. The number of ether oxygens (including phenoxy) is 2. The maximum Gasteiger partial charge on any atom is 0.330 e. The van der Waals surface area contributed by atoms with Crippen molar-refractivity contribution in [3.8, 4) is 5.75 Å². The monoisotopic (exact) mass is 354 g/mol. The largest absolute Gasteiger partial charge is 0.497 e. The van der Waals surface area contributed by atoms with Gasteiger partial charge in [0.25, 0.3) is 0 Å². The highest BCUT2D eigenvalue weighted by atomic mass is 28.3. The van der Waals surface area contributed by atoms with Gasteiger partial charge in [-0.3, -0.25) is 0 Å². The van der Waals surface area contributed by atoms with Gasteiger partial charge in [0, 0.05) is 6.08 Å². The maximum atomic E-state index is 11.4. The molecule has 0 fully saturated rings. The van der Waals surface area contributed by atoms with E-state index in [0.717, 1.165) is 11.3 Å². The molecule has 0 unspecified atom stereocenters. The number of rotatable bonds is 7. The van der Waals surface area contributed by atoms with Gasteiger partial charge < -0.3 is 9.47 Å². The van der Waals surface area contributed by atoms with Crippen molar-refractivity contribution < 1.29 is 14.3 Å². The molecule has 3 nitrogen and oxygen atoms in total. The zero-order valence-electron chi connectivity index (χ0n) is 15.4. The molecule has 0 aliphatic heterocycles. The Morgan fingerprint density at radius 2 is 1.88 bits per heavy atom. The molecule has 25 heavy (non-hydrogen) atoms. The second kappa shape index (κ2) is 8.67. The van der Waals surface area contributed by atoms with E-state index in [2.05, 4.69) is 44.3 Å². The van der Waals surface area contributed by atoms with Gasteiger partial charge in [0.05, 0.1) is 12.8 Å². The van der Waals surface area contributed by atoms with Crippen LogP contribution in [0.15, 0.2) is 54.6 Å². The van der Waals surface area contributed by atoms with Gasteiger partial charge in [-0.2, -0.15) is 0 Å². The van der Waals surface area contributed by atoms with Crippen LogP contribution in [-0.2, 0) is 9.53 Å². The lowest BCUT2D eigenvalue weighted by molar-refractivity contribution is -0.137. The Balaban J connectivity index is 2.05. The normalized spacial score (nSPS) is 11.5. The first-order valence-corrected chi connectivity index (χ1v) is 11.8. The van der Waals surface area contributed by atoms with E-state index >= 15 is 0 Å². The number of hydrogen-bond donors (Lipinski definition) is 0. The van der Waals surface area contributed by atoms with Crippen LogP contribution in [0.5, 0.6) is 5.75 Å². The minimum atomic E-state index is -1.69. The van der Waals surface area contributed by atoms with Crippen LogP contribution >= 0.6 is 0 Å². The molecule has 0 saturated heterocycles. The van der Waals surface area contributed by atoms with Crippen molar-refractivity contribution in [2.24, 2.45) is 0 Å². The molecule has 0 radical (unpaired) electrons. The van der Waals surface area contributed by atoms with Crippen molar-refractivity contribution in [2.45, 2.75) is 26.9 Å². The summed E-state index contributed by atoms with van der Waals surface area (Å²) in [6.45, 7) is 8.97. The van der Waals surface area contributed by atoms with Gasteiger partial charge in [-0.15, -0.1) is 0 Å². The molecule has 132 valence electrons. The number of benzene rings is 2. The Hall–Kier alpha value is -2.33. The average molecular weight is 355 g/mol. The van der Waals surface area contributed by atoms with Gasteiger partial charge in [-0.1, -0.05) is 60.2 Å². The predicted octanol–water partition coefficient (Wildman–Crippen LogP) is 4.10. The molecule has 0 aliphatic rings. The molecule has 2 rings (SSSR count). The van der Waals surface area contributed by atoms with Crippen molar-refractivity contribution in [1.82, 2.24) is 0 Å². The van der Waals surface area contributed by atoms with Crippen LogP contribution in [0.1, 0.15) is 18.1 Å². The molecule has 2 aromatic carbocycles. The zero-order chi connectivity index (χ0) is 18.3. The molecule has 0 saturated carbocycles. The van der Waals surface area contributed by atoms with Crippen LogP contribution in [0.3, 0.4) is 0 Å². The van der Waals surface area contributed by atoms with Crippen LogP contribution in [0.4, 0.5) is 0 Å². The van der Waals surface area contributed by atoms with E-state index < -0.39 is 8.07 Å². The summed E-state index contributed by atoms with van der Waals surface area (Å²) in [5.41, 5.74) is 2.25. The number of carbonyl (C=O) groups excluding carboxylic acids is 1. The van der Waals surface area contributed by atoms with Gasteiger partial charge in [0.1, 0.15) is 13.8 Å². The predicted molar refractivity (Wildman–Crippen MR) is 106 cm³/mol. The van der Waals surface area contributed by atoms with Crippen molar-refractivity contribution >= 4 is 25.3 Å². The van der Waals surface area contributed by atoms with Gasteiger partial charge >= 0.3 is 5.97 Å². The van der Waals surface area contributed by atoms with E-state index in [1.807, 2.05) is 24.3 Å². The summed E-state index contributed by atoms with van der Waals surface area (Å²) >= 11 is 0. The van der Waals surface area contributed by atoms with E-state index in [1.165, 1.54) is 16.8 Å². The van der Waals surface area contributed by atoms with Crippen LogP contribution in [0.2, 0.25) is 13.1 Å². The fourth-order valence-electron chi connectivity index (χ4n) is 2.74. The molecule has 0 spiro atoms. The fraction of sp³-hybridized carbons (Fsp3) is 0.286. The summed E-state index contributed by atoms with van der Waals surface area (Å²) in [6.07, 6.45) is 3.90. The van der Waals surface area contributed by atoms with Crippen LogP contribution in [0, 0.1) is 6.92 Å². The highest BCUT2D eigenvalue weighted by Crippen LogP contribution is 2.17. The van der Waals surface area contributed by atoms with Crippen molar-refractivity contribution in [1.29, 1.82) is 0 Å². The summed E-state index contributed by atoms with van der Waals surface area (Å²) in [7, 11) is -1.69. The number of carbonyl (C=O) groups is 1. The van der Waals surface area contributed by atoms with E-state index in [-0.39, 0.29) is 5.97 Å². The zero-order valence-corrected chi connectivity index (χ0v) is 16.4. The molecule has 0 aromatic heterocycles. The second-order valence-electron chi connectivity index (χ2n) is 6.65. The number of esters is 1. The smallest absolute Gasteiger partial charge is 0.330 e. The van der Waals surface area contributed by atoms with E-state index in [1.54, 1.807) is 13.0 Å². The minimum absolute atomic E-state index is 0.332. The van der Waals surface area contributed by atoms with E-state index in [0.29, 0.717) is 12.8 Å². The Morgan fingerprint density at radius 1 is 1.12 bits per heavy atom. The van der Waals surface area contributed by atoms with Gasteiger partial charge in [-0.05, 0) is 37.6 Å². The molecule has 0 amide bonds. The first-order chi connectivity index (χ1) is 11.9. The SMILES string of the molecule is CCOC(=O)/C=C/c1cccc(OC[Si](C)(C)c2ccccc2C)c1. The van der Waals surface area contributed by atoms with Gasteiger partial charge in [-0.25, -0.2) is 4.79 Å². The standard InChI is InChI=1S/C21H26O3Si/c1-5-23-21(22)14-13-18-10-8-11-19(15-18)24-16-25(3,4)20-12-7-6-9-17(20)2/h6-15H,5,16H2,1-4H3/b14-13+. The topological polar surface area (TPSA) is 35.5 Å². The number of hydrogen-bond acceptors (Lipinski definition) is 3. The molecular weight excluding hydrogens is 328 g/mol. The first-order valence-electron chi connectivity index (χ1n) is 8.56. The van der Waals surface area contributed by atoms with Gasteiger partial charge in [0.15, 0.2) is 0 Å². The van der Waals surface area contributed by atoms with E-state index in [9.17, 15) is 4.79 Å². The Morgan fingerprint density at radius 3 is 2.60 bits per heavy atom. The van der Waals surface area contributed by atoms with Crippen LogP contribution < -0.4 is 9.92 Å². The Kier molecular flexibility index (Phi) is 6.59. The van der Waals surface area contributed by atoms with Crippen molar-refractivity contribution in [2.75, 3.05) is 12.8 Å². The quantitative estimate of drug-likeness (QED) is 0.426. The lowest BCUT2D eigenvalue weighted by Gasteiger charge is -2.25. The molecular formula is C21H26O3Si. The first kappa shape index (κ1) is 19.0. The molecule has 0 heterocycles. The molecule has 2 aromatic rings. The summed E-state index contributed by atoms with van der Waals surface area (Å²) in [5.74, 6) is 0.488. The van der Waals surface area contributed by atoms with Crippen molar-refractivity contribution in [3.63, 3.8) is 0 Å². The van der Waals surface area contributed by atoms with Crippen LogP contribution in [0.25, 0.3) is 6.08 Å². The molecule has 0 N–H and O–H groups in total. The third-order valence-corrected chi connectivity index (χ3v) is 6.92. The lowest BCUT2D eigenvalue weighted by atomic mass is 10.2. The Bertz CT molecular complexity index is 750. The molecule has 4 heteroatoms. The molecule has 0 bridgehead atoms. The summed E-state index contributed by atoms with van der Waals surface area (Å²) in [5, 5.41) is 1.42. The molecule has 0 aliphatic carbocycles. The summed E-state index contributed by atoms with van der Waals surface area (Å²) in [6, 6.07) is 16.3. The highest BCUT2D eigenvalue weighted by molar-refractivity contribution is 6.90. The lowest BCUT2D eigenvalue weighted by Crippen LogP contribution is -2.48. The molecule has 0 atom stereocenters. The van der Waals surface area contributed by atoms with E-state index in [4.69, 9.17) is 9.47 Å². The van der Waals surface area contributed by atoms with Crippen molar-refractivity contribution in [3.05, 3.63) is 65.7 Å². The third-order valence-electron chi connectivity index (χ3n) is 4.03. The Labute approximate surface area is 151 Å². The minimum Gasteiger partial charge on any atom is -0.497 e. The second-order valence-corrected chi connectivity index (χ2v) is 11.2. The summed E-state index contributed by atoms with van der Waals surface area (Å²) in [4.78, 5) is 11.4. The fourth-order valence-corrected chi connectivity index (χ4v) is 5.12. The summed E-state index contributed by atoms with van der Waals surface area (Å²) < 4.78 is 11.0. The third kappa shape index (κ3) is 5.61. The highest BCUT2D eigenvalue weighted by Gasteiger charge is 2.26.